The van der Waals surface area contributed by atoms with Crippen molar-refractivity contribution in [1.82, 2.24) is 4.98 Å². The van der Waals surface area contributed by atoms with E-state index in [-0.39, 0.29) is 22.7 Å². The molecular formula is C7H6BrClF2N2. The highest BCUT2D eigenvalue weighted by molar-refractivity contribution is 9.10. The monoisotopic (exact) mass is 270 g/mol. The largest absolute Gasteiger partial charge is 0.397 e. The average molecular weight is 271 g/mol. The fourth-order valence-electron chi connectivity index (χ4n) is 0.944. The molecule has 0 amide bonds. The van der Waals surface area contributed by atoms with E-state index in [9.17, 15) is 8.78 Å². The van der Waals surface area contributed by atoms with Gasteiger partial charge in [-0.05, 0) is 15.9 Å². The average Bonchev–Trinajstić information content (AvgIpc) is 2.07. The van der Waals surface area contributed by atoms with Gasteiger partial charge in [-0.3, -0.25) is 0 Å². The van der Waals surface area contributed by atoms with Crippen LogP contribution in [0, 0.1) is 0 Å². The van der Waals surface area contributed by atoms with Crippen LogP contribution in [-0.4, -0.2) is 4.98 Å². The maximum absolute atomic E-state index is 12.5. The van der Waals surface area contributed by atoms with Crippen molar-refractivity contribution in [3.63, 3.8) is 0 Å². The minimum absolute atomic E-state index is 0.0335. The van der Waals surface area contributed by atoms with Crippen molar-refractivity contribution >= 4 is 33.2 Å². The van der Waals surface area contributed by atoms with Crippen LogP contribution in [0.4, 0.5) is 14.5 Å². The smallest absolute Gasteiger partial charge is 0.266 e. The van der Waals surface area contributed by atoms with Gasteiger partial charge in [-0.2, -0.15) is 0 Å². The Morgan fingerprint density at radius 3 is 2.62 bits per heavy atom. The molecule has 1 aromatic rings. The van der Waals surface area contributed by atoms with E-state index < -0.39 is 6.43 Å². The zero-order valence-electron chi connectivity index (χ0n) is 6.40. The molecule has 13 heavy (non-hydrogen) atoms. The summed E-state index contributed by atoms with van der Waals surface area (Å²) in [5.41, 5.74) is 5.32. The second-order valence-corrected chi connectivity index (χ2v) is 3.35. The summed E-state index contributed by atoms with van der Waals surface area (Å²) in [6.07, 6.45) is -1.45. The number of hydrogen-bond donors (Lipinski definition) is 1. The fourth-order valence-corrected chi connectivity index (χ4v) is 1.83. The summed E-state index contributed by atoms with van der Waals surface area (Å²) >= 11 is 8.52. The third kappa shape index (κ3) is 2.08. The first-order chi connectivity index (χ1) is 6.07. The molecule has 72 valence electrons. The Morgan fingerprint density at radius 2 is 2.23 bits per heavy atom. The molecule has 0 fully saturated rings. The first-order valence-electron chi connectivity index (χ1n) is 3.34. The molecule has 6 heteroatoms. The summed E-state index contributed by atoms with van der Waals surface area (Å²) in [5.74, 6) is -0.0434. The second-order valence-electron chi connectivity index (χ2n) is 2.33. The van der Waals surface area contributed by atoms with Gasteiger partial charge in [0.15, 0.2) is 0 Å². The number of rotatable bonds is 2. The van der Waals surface area contributed by atoms with E-state index in [4.69, 9.17) is 17.3 Å². The molecule has 2 N–H and O–H groups in total. The molecule has 1 heterocycles. The molecule has 0 radical (unpaired) electrons. The maximum atomic E-state index is 12.5. The van der Waals surface area contributed by atoms with Crippen LogP contribution in [0.2, 0.25) is 0 Å². The van der Waals surface area contributed by atoms with Crippen LogP contribution < -0.4 is 5.73 Å². The van der Waals surface area contributed by atoms with E-state index in [1.54, 1.807) is 0 Å². The van der Waals surface area contributed by atoms with Gasteiger partial charge in [0.05, 0.1) is 17.8 Å². The Kier molecular flexibility index (Phi) is 3.44. The van der Waals surface area contributed by atoms with Crippen LogP contribution in [0.5, 0.6) is 0 Å². The quantitative estimate of drug-likeness (QED) is 0.663. The number of pyridine rings is 1. The predicted octanol–water partition coefficient (Wildman–Crippen LogP) is 3.10. The summed E-state index contributed by atoms with van der Waals surface area (Å²) in [7, 11) is 0. The van der Waals surface area contributed by atoms with Crippen LogP contribution in [0.1, 0.15) is 17.6 Å². The van der Waals surface area contributed by atoms with Crippen LogP contribution in [0.15, 0.2) is 10.8 Å². The highest BCUT2D eigenvalue weighted by atomic mass is 79.9. The minimum atomic E-state index is -2.63. The fraction of sp³-hybridized carbons (Fsp3) is 0.286. The Hall–Kier alpha value is -0.420. The lowest BCUT2D eigenvalue weighted by atomic mass is 10.1. The topological polar surface area (TPSA) is 38.9 Å². The Bertz CT molecular complexity index is 320. The van der Waals surface area contributed by atoms with Crippen LogP contribution in [0.3, 0.4) is 0 Å². The molecule has 1 aromatic heterocycles. The van der Waals surface area contributed by atoms with Crippen molar-refractivity contribution in [1.29, 1.82) is 0 Å². The Balaban J connectivity index is 3.35. The maximum Gasteiger partial charge on any atom is 0.266 e. The molecule has 1 rings (SSSR count). The van der Waals surface area contributed by atoms with Gasteiger partial charge in [0.1, 0.15) is 4.60 Å². The van der Waals surface area contributed by atoms with Crippen molar-refractivity contribution < 1.29 is 8.78 Å². The molecule has 2 nitrogen and oxygen atoms in total. The van der Waals surface area contributed by atoms with Crippen molar-refractivity contribution in [2.45, 2.75) is 12.3 Å². The first kappa shape index (κ1) is 10.7. The zero-order valence-corrected chi connectivity index (χ0v) is 8.74. The summed E-state index contributed by atoms with van der Waals surface area (Å²) in [4.78, 5) is 3.77. The summed E-state index contributed by atoms with van der Waals surface area (Å²) in [6.45, 7) is 0. The van der Waals surface area contributed by atoms with Gasteiger partial charge in [0.2, 0.25) is 0 Å². The molecule has 0 saturated carbocycles. The summed E-state index contributed by atoms with van der Waals surface area (Å²) in [5, 5.41) is 0. The number of halogens is 4. The van der Waals surface area contributed by atoms with Gasteiger partial charge in [0.25, 0.3) is 6.43 Å². The van der Waals surface area contributed by atoms with Crippen LogP contribution in [0.25, 0.3) is 0 Å². The molecule has 0 bridgehead atoms. The van der Waals surface area contributed by atoms with E-state index >= 15 is 0 Å². The molecule has 0 aliphatic carbocycles. The number of nitrogen functional groups attached to an aromatic ring is 1. The third-order valence-corrected chi connectivity index (χ3v) is 2.50. The van der Waals surface area contributed by atoms with Gasteiger partial charge in [-0.1, -0.05) is 0 Å². The van der Waals surface area contributed by atoms with E-state index in [2.05, 4.69) is 20.9 Å². The number of alkyl halides is 3. The third-order valence-electron chi connectivity index (χ3n) is 1.55. The number of nitrogens with zero attached hydrogens (tertiary/aromatic N) is 1. The minimum Gasteiger partial charge on any atom is -0.397 e. The lowest BCUT2D eigenvalue weighted by molar-refractivity contribution is 0.151. The molecule has 0 aliphatic heterocycles. The van der Waals surface area contributed by atoms with E-state index in [0.29, 0.717) is 4.60 Å². The number of nitrogens with two attached hydrogens (primary N) is 1. The van der Waals surface area contributed by atoms with Crippen LogP contribution in [-0.2, 0) is 5.88 Å². The van der Waals surface area contributed by atoms with Crippen molar-refractivity contribution in [2.75, 3.05) is 5.73 Å². The lowest BCUT2D eigenvalue weighted by Crippen LogP contribution is -2.02. The van der Waals surface area contributed by atoms with Crippen molar-refractivity contribution in [3.05, 3.63) is 21.9 Å². The molecule has 0 aliphatic rings. The first-order valence-corrected chi connectivity index (χ1v) is 4.67. The molecular weight excluding hydrogens is 265 g/mol. The van der Waals surface area contributed by atoms with E-state index in [0.717, 1.165) is 0 Å². The molecule has 0 atom stereocenters. The van der Waals surface area contributed by atoms with E-state index in [1.165, 1.54) is 6.20 Å². The van der Waals surface area contributed by atoms with Gasteiger partial charge < -0.3 is 5.73 Å². The normalized spacial score (nSPS) is 10.8. The lowest BCUT2D eigenvalue weighted by Gasteiger charge is -2.10. The standard InChI is InChI=1S/C7H6BrClF2N2/c8-6-3(1-9)5(7(10)11)4(12)2-13-6/h2,7H,1,12H2. The van der Waals surface area contributed by atoms with Gasteiger partial charge in [-0.25, -0.2) is 13.8 Å². The van der Waals surface area contributed by atoms with Crippen LogP contribution >= 0.6 is 27.5 Å². The number of anilines is 1. The Morgan fingerprint density at radius 1 is 1.62 bits per heavy atom. The highest BCUT2D eigenvalue weighted by Crippen LogP contribution is 2.32. The van der Waals surface area contributed by atoms with Crippen molar-refractivity contribution in [3.8, 4) is 0 Å². The SMILES string of the molecule is Nc1cnc(Br)c(CCl)c1C(F)F. The Labute approximate surface area is 87.2 Å². The van der Waals surface area contributed by atoms with Gasteiger partial charge >= 0.3 is 0 Å². The van der Waals surface area contributed by atoms with Crippen molar-refractivity contribution in [2.24, 2.45) is 0 Å². The predicted molar refractivity (Wildman–Crippen MR) is 50.9 cm³/mol. The second kappa shape index (κ2) is 4.19. The molecule has 0 saturated heterocycles. The summed E-state index contributed by atoms with van der Waals surface area (Å²) in [6, 6.07) is 0. The number of aromatic nitrogens is 1. The van der Waals surface area contributed by atoms with E-state index in [1.807, 2.05) is 0 Å². The highest BCUT2D eigenvalue weighted by Gasteiger charge is 2.18. The summed E-state index contributed by atoms with van der Waals surface area (Å²) < 4.78 is 25.2. The molecule has 0 aromatic carbocycles. The van der Waals surface area contributed by atoms with Gasteiger partial charge in [0, 0.05) is 11.1 Å². The molecule has 0 spiro atoms. The molecule has 0 unspecified atom stereocenters. The zero-order chi connectivity index (χ0) is 10.0. The van der Waals surface area contributed by atoms with Gasteiger partial charge in [-0.15, -0.1) is 11.6 Å². The number of hydrogen-bond acceptors (Lipinski definition) is 2.